The molecule has 6 heteroatoms. The Bertz CT molecular complexity index is 845. The molecular formula is C18H22N2O3S. The molecule has 2 aromatic rings. The van der Waals surface area contributed by atoms with Crippen molar-refractivity contribution < 1.29 is 13.2 Å². The van der Waals surface area contributed by atoms with Crippen LogP contribution in [0.2, 0.25) is 0 Å². The van der Waals surface area contributed by atoms with Crippen LogP contribution in [0.25, 0.3) is 0 Å². The minimum absolute atomic E-state index is 0.105. The molecule has 24 heavy (non-hydrogen) atoms. The van der Waals surface area contributed by atoms with Crippen LogP contribution in [0.3, 0.4) is 0 Å². The van der Waals surface area contributed by atoms with Gasteiger partial charge in [-0.25, -0.2) is 8.42 Å². The first-order valence-corrected chi connectivity index (χ1v) is 9.56. The molecule has 0 heterocycles. The topological polar surface area (TPSA) is 75.3 Å². The van der Waals surface area contributed by atoms with E-state index in [1.54, 1.807) is 24.3 Å². The first kappa shape index (κ1) is 18.0. The quantitative estimate of drug-likeness (QED) is 0.843. The molecule has 0 aliphatic rings. The van der Waals surface area contributed by atoms with Gasteiger partial charge >= 0.3 is 0 Å². The lowest BCUT2D eigenvalue weighted by atomic mass is 10.0. The highest BCUT2D eigenvalue weighted by molar-refractivity contribution is 7.92. The largest absolute Gasteiger partial charge is 0.326 e. The number of carbonyl (C=O) groups excluding carboxylic acids is 1. The average Bonchev–Trinajstić information content (AvgIpc) is 2.45. The van der Waals surface area contributed by atoms with Gasteiger partial charge in [-0.05, 0) is 49.6 Å². The lowest BCUT2D eigenvalue weighted by molar-refractivity contribution is -0.116. The Balaban J connectivity index is 1.96. The molecule has 2 N–H and O–H groups in total. The Morgan fingerprint density at radius 3 is 2.42 bits per heavy atom. The van der Waals surface area contributed by atoms with Crippen molar-refractivity contribution in [1.82, 2.24) is 0 Å². The van der Waals surface area contributed by atoms with Crippen LogP contribution in [0.1, 0.15) is 23.1 Å². The maximum atomic E-state index is 12.1. The number of hydrogen-bond donors (Lipinski definition) is 2. The number of rotatable bonds is 6. The molecule has 0 fully saturated rings. The second-order valence-electron chi connectivity index (χ2n) is 5.93. The zero-order valence-corrected chi connectivity index (χ0v) is 14.9. The van der Waals surface area contributed by atoms with Gasteiger partial charge in [0.1, 0.15) is 0 Å². The molecule has 2 rings (SSSR count). The standard InChI is InChI=1S/C18H22N2O3S/c1-13-7-8-15(14(2)11-13)9-10-18(21)19-16-5-4-6-17(12-16)20-24(3,22)23/h4-8,11-12,20H,9-10H2,1-3H3,(H,19,21). The van der Waals surface area contributed by atoms with Crippen molar-refractivity contribution in [3.63, 3.8) is 0 Å². The highest BCUT2D eigenvalue weighted by atomic mass is 32.2. The van der Waals surface area contributed by atoms with E-state index in [1.807, 2.05) is 19.9 Å². The van der Waals surface area contributed by atoms with Crippen LogP contribution in [0.5, 0.6) is 0 Å². The number of aryl methyl sites for hydroxylation is 3. The molecule has 0 saturated carbocycles. The van der Waals surface area contributed by atoms with Crippen molar-refractivity contribution in [2.24, 2.45) is 0 Å². The van der Waals surface area contributed by atoms with Gasteiger partial charge in [0.25, 0.3) is 0 Å². The second-order valence-corrected chi connectivity index (χ2v) is 7.68. The summed E-state index contributed by atoms with van der Waals surface area (Å²) in [5.41, 5.74) is 4.53. The molecule has 128 valence electrons. The van der Waals surface area contributed by atoms with Crippen LogP contribution in [-0.4, -0.2) is 20.6 Å². The number of amides is 1. The lowest BCUT2D eigenvalue weighted by Crippen LogP contribution is -2.13. The van der Waals surface area contributed by atoms with E-state index >= 15 is 0 Å². The van der Waals surface area contributed by atoms with E-state index in [1.165, 1.54) is 11.1 Å². The molecule has 0 unspecified atom stereocenters. The second kappa shape index (κ2) is 7.49. The molecule has 1 amide bonds. The molecule has 5 nitrogen and oxygen atoms in total. The van der Waals surface area contributed by atoms with E-state index in [0.29, 0.717) is 24.2 Å². The van der Waals surface area contributed by atoms with Gasteiger partial charge < -0.3 is 5.32 Å². The van der Waals surface area contributed by atoms with Crippen molar-refractivity contribution in [1.29, 1.82) is 0 Å². The molecule has 0 radical (unpaired) electrons. The van der Waals surface area contributed by atoms with Gasteiger partial charge in [-0.1, -0.05) is 29.8 Å². The van der Waals surface area contributed by atoms with Crippen LogP contribution < -0.4 is 10.0 Å². The van der Waals surface area contributed by atoms with Crippen molar-refractivity contribution in [3.8, 4) is 0 Å². The number of anilines is 2. The zero-order valence-electron chi connectivity index (χ0n) is 14.1. The van der Waals surface area contributed by atoms with Gasteiger partial charge in [0.15, 0.2) is 0 Å². The third-order valence-electron chi connectivity index (χ3n) is 3.57. The summed E-state index contributed by atoms with van der Waals surface area (Å²) in [6, 6.07) is 12.8. The Hall–Kier alpha value is -2.34. The summed E-state index contributed by atoms with van der Waals surface area (Å²) in [7, 11) is -3.34. The molecule has 0 aliphatic heterocycles. The first-order valence-electron chi connectivity index (χ1n) is 7.67. The average molecular weight is 346 g/mol. The van der Waals surface area contributed by atoms with Crippen molar-refractivity contribution in [2.45, 2.75) is 26.7 Å². The molecule has 0 spiro atoms. The predicted octanol–water partition coefficient (Wildman–Crippen LogP) is 3.25. The van der Waals surface area contributed by atoms with E-state index < -0.39 is 10.0 Å². The summed E-state index contributed by atoms with van der Waals surface area (Å²) in [6.45, 7) is 4.08. The molecule has 0 atom stereocenters. The van der Waals surface area contributed by atoms with Gasteiger partial charge in [-0.15, -0.1) is 0 Å². The first-order chi connectivity index (χ1) is 11.2. The van der Waals surface area contributed by atoms with E-state index in [2.05, 4.69) is 22.2 Å². The Kier molecular flexibility index (Phi) is 5.62. The fraction of sp³-hybridized carbons (Fsp3) is 0.278. The van der Waals surface area contributed by atoms with E-state index in [0.717, 1.165) is 11.8 Å². The molecule has 0 saturated heterocycles. The molecule has 2 aromatic carbocycles. The highest BCUT2D eigenvalue weighted by Crippen LogP contribution is 2.17. The third kappa shape index (κ3) is 5.70. The number of carbonyl (C=O) groups is 1. The predicted molar refractivity (Wildman–Crippen MR) is 97.8 cm³/mol. The lowest BCUT2D eigenvalue weighted by Gasteiger charge is -2.09. The fourth-order valence-electron chi connectivity index (χ4n) is 2.47. The molecule has 0 bridgehead atoms. The van der Waals surface area contributed by atoms with Gasteiger partial charge in [-0.3, -0.25) is 9.52 Å². The van der Waals surface area contributed by atoms with Crippen LogP contribution in [0, 0.1) is 13.8 Å². The fourth-order valence-corrected chi connectivity index (χ4v) is 3.03. The normalized spacial score (nSPS) is 11.1. The minimum atomic E-state index is -3.34. The molecule has 0 aromatic heterocycles. The number of benzene rings is 2. The Labute approximate surface area is 143 Å². The van der Waals surface area contributed by atoms with Gasteiger partial charge in [0, 0.05) is 12.1 Å². The van der Waals surface area contributed by atoms with E-state index in [9.17, 15) is 13.2 Å². The monoisotopic (exact) mass is 346 g/mol. The summed E-state index contributed by atoms with van der Waals surface area (Å²) in [4.78, 5) is 12.1. The minimum Gasteiger partial charge on any atom is -0.326 e. The van der Waals surface area contributed by atoms with Gasteiger partial charge in [0.05, 0.1) is 11.9 Å². The number of hydrogen-bond acceptors (Lipinski definition) is 3. The summed E-state index contributed by atoms with van der Waals surface area (Å²) >= 11 is 0. The van der Waals surface area contributed by atoms with Gasteiger partial charge in [0.2, 0.25) is 15.9 Å². The van der Waals surface area contributed by atoms with Crippen molar-refractivity contribution >= 4 is 27.3 Å². The summed E-state index contributed by atoms with van der Waals surface area (Å²) in [5, 5.41) is 2.80. The number of sulfonamides is 1. The summed E-state index contributed by atoms with van der Waals surface area (Å²) in [6.07, 6.45) is 2.12. The maximum absolute atomic E-state index is 12.1. The van der Waals surface area contributed by atoms with E-state index in [-0.39, 0.29) is 5.91 Å². The van der Waals surface area contributed by atoms with Crippen LogP contribution >= 0.6 is 0 Å². The Morgan fingerprint density at radius 2 is 1.75 bits per heavy atom. The zero-order chi connectivity index (χ0) is 17.7. The van der Waals surface area contributed by atoms with Crippen LogP contribution in [0.15, 0.2) is 42.5 Å². The SMILES string of the molecule is Cc1ccc(CCC(=O)Nc2cccc(NS(C)(=O)=O)c2)c(C)c1. The number of nitrogens with one attached hydrogen (secondary N) is 2. The summed E-state index contributed by atoms with van der Waals surface area (Å²) < 4.78 is 24.9. The summed E-state index contributed by atoms with van der Waals surface area (Å²) in [5.74, 6) is -0.105. The maximum Gasteiger partial charge on any atom is 0.229 e. The molecule has 0 aliphatic carbocycles. The third-order valence-corrected chi connectivity index (χ3v) is 4.18. The smallest absolute Gasteiger partial charge is 0.229 e. The highest BCUT2D eigenvalue weighted by Gasteiger charge is 2.07. The molecular weight excluding hydrogens is 324 g/mol. The van der Waals surface area contributed by atoms with Crippen LogP contribution in [-0.2, 0) is 21.2 Å². The van der Waals surface area contributed by atoms with Gasteiger partial charge in [-0.2, -0.15) is 0 Å². The van der Waals surface area contributed by atoms with Crippen molar-refractivity contribution in [2.75, 3.05) is 16.3 Å². The van der Waals surface area contributed by atoms with E-state index in [4.69, 9.17) is 0 Å². The van der Waals surface area contributed by atoms with Crippen molar-refractivity contribution in [3.05, 3.63) is 59.2 Å². The van der Waals surface area contributed by atoms with Crippen LogP contribution in [0.4, 0.5) is 11.4 Å². The Morgan fingerprint density at radius 1 is 1.04 bits per heavy atom.